The molecule has 6 heteroatoms. The van der Waals surface area contributed by atoms with Gasteiger partial charge in [-0.15, -0.1) is 0 Å². The highest BCUT2D eigenvalue weighted by atomic mass is 16.4. The van der Waals surface area contributed by atoms with Crippen molar-refractivity contribution < 1.29 is 14.7 Å². The largest absolute Gasteiger partial charge is 0.481 e. The monoisotopic (exact) mass is 281 g/mol. The molecule has 0 saturated heterocycles. The minimum atomic E-state index is -0.885. The first-order chi connectivity index (χ1) is 9.45. The molecule has 1 N–H and O–H groups in total. The van der Waals surface area contributed by atoms with Crippen LogP contribution in [0.25, 0.3) is 0 Å². The normalized spacial score (nSPS) is 13.8. The van der Waals surface area contributed by atoms with Gasteiger partial charge in [0.2, 0.25) is 5.91 Å². The van der Waals surface area contributed by atoms with E-state index in [1.165, 1.54) is 4.90 Å². The third-order valence-corrected chi connectivity index (χ3v) is 3.37. The Kier molecular flexibility index (Phi) is 6.21. The number of rotatable bonds is 8. The molecule has 0 aliphatic heterocycles. The molecule has 0 aliphatic rings. The zero-order chi connectivity index (χ0) is 15.1. The van der Waals surface area contributed by atoms with Gasteiger partial charge in [-0.25, -0.2) is 4.98 Å². The number of hydrogen-bond acceptors (Lipinski definition) is 3. The summed E-state index contributed by atoms with van der Waals surface area (Å²) < 4.78 is 1.94. The lowest BCUT2D eigenvalue weighted by Crippen LogP contribution is -2.34. The maximum Gasteiger partial charge on any atom is 0.308 e. The molecule has 1 rings (SSSR count). The summed E-state index contributed by atoms with van der Waals surface area (Å²) in [6.07, 6.45) is 7.51. The highest BCUT2D eigenvalue weighted by Gasteiger charge is 2.21. The van der Waals surface area contributed by atoms with E-state index in [9.17, 15) is 9.59 Å². The van der Waals surface area contributed by atoms with Crippen molar-refractivity contribution in [2.24, 2.45) is 5.92 Å². The van der Waals surface area contributed by atoms with Crippen molar-refractivity contribution in [1.82, 2.24) is 14.5 Å². The van der Waals surface area contributed by atoms with Crippen LogP contribution in [0.2, 0.25) is 0 Å². The average Bonchev–Trinajstić information content (AvgIpc) is 2.91. The lowest BCUT2D eigenvalue weighted by Gasteiger charge is -2.23. The van der Waals surface area contributed by atoms with Crippen molar-refractivity contribution in [3.05, 3.63) is 18.7 Å². The van der Waals surface area contributed by atoms with Gasteiger partial charge in [0.25, 0.3) is 0 Å². The summed E-state index contributed by atoms with van der Waals surface area (Å²) in [5, 5.41) is 8.88. The smallest absolute Gasteiger partial charge is 0.308 e. The molecule has 6 nitrogen and oxygen atoms in total. The van der Waals surface area contributed by atoms with E-state index in [2.05, 4.69) is 11.9 Å². The van der Waals surface area contributed by atoms with Gasteiger partial charge in [0.05, 0.1) is 12.2 Å². The van der Waals surface area contributed by atoms with Gasteiger partial charge in [0.1, 0.15) is 0 Å². The fraction of sp³-hybridized carbons (Fsp3) is 0.643. The first kappa shape index (κ1) is 16.2. The Bertz CT molecular complexity index is 431. The van der Waals surface area contributed by atoms with Gasteiger partial charge >= 0.3 is 5.97 Å². The molecule has 0 saturated carbocycles. The molecule has 0 spiro atoms. The highest BCUT2D eigenvalue weighted by Crippen LogP contribution is 2.19. The number of carbonyl (C=O) groups excluding carboxylic acids is 1. The zero-order valence-electron chi connectivity index (χ0n) is 12.3. The Morgan fingerprint density at radius 1 is 1.45 bits per heavy atom. The molecular weight excluding hydrogens is 258 g/mol. The molecule has 0 fully saturated rings. The Labute approximate surface area is 119 Å². The maximum atomic E-state index is 12.2. The van der Waals surface area contributed by atoms with Gasteiger partial charge in [-0.05, 0) is 6.42 Å². The van der Waals surface area contributed by atoms with Crippen LogP contribution in [0.4, 0.5) is 0 Å². The lowest BCUT2D eigenvalue weighted by molar-refractivity contribution is -0.142. The van der Waals surface area contributed by atoms with Crippen LogP contribution in [-0.4, -0.2) is 45.0 Å². The second-order valence-corrected chi connectivity index (χ2v) is 5.17. The van der Waals surface area contributed by atoms with Gasteiger partial charge in [0, 0.05) is 38.4 Å². The van der Waals surface area contributed by atoms with E-state index in [0.29, 0.717) is 6.42 Å². The summed E-state index contributed by atoms with van der Waals surface area (Å²) in [7, 11) is 1.65. The predicted molar refractivity (Wildman–Crippen MR) is 75.2 cm³/mol. The third-order valence-electron chi connectivity index (χ3n) is 3.37. The second kappa shape index (κ2) is 7.67. The van der Waals surface area contributed by atoms with Crippen molar-refractivity contribution in [2.45, 2.75) is 39.2 Å². The molecule has 2 unspecified atom stereocenters. The highest BCUT2D eigenvalue weighted by molar-refractivity contribution is 5.77. The van der Waals surface area contributed by atoms with Crippen LogP contribution in [0.3, 0.4) is 0 Å². The van der Waals surface area contributed by atoms with Crippen LogP contribution in [0, 0.1) is 5.92 Å². The molecule has 0 bridgehead atoms. The SMILES string of the molecule is CCCC(CC(=O)N(C)CC(C)C(=O)O)n1ccnc1. The summed E-state index contributed by atoms with van der Waals surface area (Å²) in [6, 6.07) is 0.0811. The van der Waals surface area contributed by atoms with E-state index >= 15 is 0 Å². The first-order valence-corrected chi connectivity index (χ1v) is 6.89. The fourth-order valence-electron chi connectivity index (χ4n) is 2.12. The van der Waals surface area contributed by atoms with Crippen molar-refractivity contribution in [3.8, 4) is 0 Å². The molecule has 1 amide bonds. The fourth-order valence-corrected chi connectivity index (χ4v) is 2.12. The number of imidazole rings is 1. The molecule has 1 aromatic rings. The quantitative estimate of drug-likeness (QED) is 0.788. The zero-order valence-corrected chi connectivity index (χ0v) is 12.3. The Morgan fingerprint density at radius 2 is 2.15 bits per heavy atom. The number of carboxylic acids is 1. The minimum absolute atomic E-state index is 0.0368. The minimum Gasteiger partial charge on any atom is -0.481 e. The summed E-state index contributed by atoms with van der Waals surface area (Å²) in [5.74, 6) is -1.48. The van der Waals surface area contributed by atoms with Gasteiger partial charge in [-0.1, -0.05) is 20.3 Å². The molecular formula is C14H23N3O3. The van der Waals surface area contributed by atoms with Crippen molar-refractivity contribution >= 4 is 11.9 Å². The van der Waals surface area contributed by atoms with E-state index in [1.807, 2.05) is 10.8 Å². The number of amides is 1. The lowest BCUT2D eigenvalue weighted by atomic mass is 10.1. The molecule has 0 aliphatic carbocycles. The van der Waals surface area contributed by atoms with E-state index in [0.717, 1.165) is 12.8 Å². The van der Waals surface area contributed by atoms with Crippen LogP contribution in [0.15, 0.2) is 18.7 Å². The summed E-state index contributed by atoms with van der Waals surface area (Å²) in [4.78, 5) is 28.5. The van der Waals surface area contributed by atoms with Crippen molar-refractivity contribution in [1.29, 1.82) is 0 Å². The van der Waals surface area contributed by atoms with Gasteiger partial charge < -0.3 is 14.6 Å². The number of aliphatic carboxylic acids is 1. The van der Waals surface area contributed by atoms with E-state index in [-0.39, 0.29) is 18.5 Å². The predicted octanol–water partition coefficient (Wildman–Crippen LogP) is 1.79. The Morgan fingerprint density at radius 3 is 2.65 bits per heavy atom. The molecule has 2 atom stereocenters. The van der Waals surface area contributed by atoms with Gasteiger partial charge in [-0.2, -0.15) is 0 Å². The first-order valence-electron chi connectivity index (χ1n) is 6.89. The number of carboxylic acid groups (broad SMARTS) is 1. The molecule has 0 radical (unpaired) electrons. The maximum absolute atomic E-state index is 12.2. The van der Waals surface area contributed by atoms with Crippen LogP contribution in [-0.2, 0) is 9.59 Å². The number of nitrogens with zero attached hydrogens (tertiary/aromatic N) is 3. The van der Waals surface area contributed by atoms with Gasteiger partial charge in [0.15, 0.2) is 0 Å². The van der Waals surface area contributed by atoms with Crippen LogP contribution in [0.5, 0.6) is 0 Å². The number of carbonyl (C=O) groups is 2. The molecule has 1 heterocycles. The number of hydrogen-bond donors (Lipinski definition) is 1. The second-order valence-electron chi connectivity index (χ2n) is 5.17. The van der Waals surface area contributed by atoms with Crippen molar-refractivity contribution in [2.75, 3.05) is 13.6 Å². The molecule has 1 aromatic heterocycles. The molecule has 20 heavy (non-hydrogen) atoms. The van der Waals surface area contributed by atoms with E-state index in [4.69, 9.17) is 5.11 Å². The number of aromatic nitrogens is 2. The van der Waals surface area contributed by atoms with Gasteiger partial charge in [-0.3, -0.25) is 9.59 Å². The van der Waals surface area contributed by atoms with E-state index < -0.39 is 11.9 Å². The topological polar surface area (TPSA) is 75.4 Å². The summed E-state index contributed by atoms with van der Waals surface area (Å²) in [6.45, 7) is 3.91. The third kappa shape index (κ3) is 4.68. The van der Waals surface area contributed by atoms with Crippen LogP contribution >= 0.6 is 0 Å². The van der Waals surface area contributed by atoms with Crippen LogP contribution < -0.4 is 0 Å². The summed E-state index contributed by atoms with van der Waals surface area (Å²) >= 11 is 0. The standard InChI is InChI=1S/C14H23N3O3/c1-4-5-12(17-7-6-15-10-17)8-13(18)16(3)9-11(2)14(19)20/h6-7,10-12H,4-5,8-9H2,1-3H3,(H,19,20). The molecule has 0 aromatic carbocycles. The van der Waals surface area contributed by atoms with Crippen LogP contribution in [0.1, 0.15) is 39.2 Å². The Balaban J connectivity index is 2.59. The average molecular weight is 281 g/mol. The van der Waals surface area contributed by atoms with E-state index in [1.54, 1.807) is 26.5 Å². The van der Waals surface area contributed by atoms with Crippen molar-refractivity contribution in [3.63, 3.8) is 0 Å². The summed E-state index contributed by atoms with van der Waals surface area (Å²) in [5.41, 5.74) is 0. The Hall–Kier alpha value is -1.85. The molecule has 112 valence electrons.